The summed E-state index contributed by atoms with van der Waals surface area (Å²) in [7, 11) is 1.67. The van der Waals surface area contributed by atoms with Crippen LogP contribution in [-0.4, -0.2) is 43.2 Å². The van der Waals surface area contributed by atoms with Crippen molar-refractivity contribution >= 4 is 6.41 Å². The van der Waals surface area contributed by atoms with Gasteiger partial charge in [0.2, 0.25) is 6.41 Å². The Bertz CT molecular complexity index is 871. The van der Waals surface area contributed by atoms with Crippen molar-refractivity contribution in [3.05, 3.63) is 59.4 Å². The zero-order chi connectivity index (χ0) is 22.3. The van der Waals surface area contributed by atoms with E-state index in [0.717, 1.165) is 49.6 Å². The maximum Gasteiger partial charge on any atom is 0.209 e. The van der Waals surface area contributed by atoms with Gasteiger partial charge in [-0.2, -0.15) is 0 Å². The number of hydrogen-bond donors (Lipinski definition) is 1. The zero-order valence-electron chi connectivity index (χ0n) is 18.6. The van der Waals surface area contributed by atoms with Crippen LogP contribution >= 0.6 is 0 Å². The minimum Gasteiger partial charge on any atom is -0.385 e. The molecule has 0 radical (unpaired) electrons. The van der Waals surface area contributed by atoms with Crippen LogP contribution in [0.2, 0.25) is 0 Å². The van der Waals surface area contributed by atoms with Crippen LogP contribution in [0.3, 0.4) is 0 Å². The highest BCUT2D eigenvalue weighted by molar-refractivity contribution is 5.70. The van der Waals surface area contributed by atoms with Gasteiger partial charge in [0, 0.05) is 38.3 Å². The average Bonchev–Trinajstić information content (AvgIpc) is 2.81. The van der Waals surface area contributed by atoms with Crippen molar-refractivity contribution in [3.63, 3.8) is 0 Å². The smallest absolute Gasteiger partial charge is 0.209 e. The fraction of sp³-hybridized carbons (Fsp3) is 0.500. The summed E-state index contributed by atoms with van der Waals surface area (Å²) in [5, 5.41) is 12.2. The SMILES string of the molecule is CCc1cccc(-c2c(F)cccc2[C@](O)(CCCCOC)C2CCCN(C=O)C2)c1. The molecule has 1 saturated heterocycles. The van der Waals surface area contributed by atoms with Crippen molar-refractivity contribution in [3.8, 4) is 11.1 Å². The molecule has 0 aromatic heterocycles. The summed E-state index contributed by atoms with van der Waals surface area (Å²) < 4.78 is 20.4. The molecule has 0 bridgehead atoms. The molecule has 1 N–H and O–H groups in total. The molecular formula is C26H34FNO3. The van der Waals surface area contributed by atoms with Gasteiger partial charge in [-0.3, -0.25) is 4.79 Å². The van der Waals surface area contributed by atoms with E-state index in [-0.39, 0.29) is 11.7 Å². The second kappa shape index (κ2) is 10.9. The van der Waals surface area contributed by atoms with Gasteiger partial charge in [0.15, 0.2) is 0 Å². The third-order valence-corrected chi connectivity index (χ3v) is 6.54. The number of aliphatic hydroxyl groups is 1. The van der Waals surface area contributed by atoms with E-state index in [1.54, 1.807) is 18.1 Å². The second-order valence-electron chi connectivity index (χ2n) is 8.53. The molecule has 2 atom stereocenters. The minimum absolute atomic E-state index is 0.149. The molecule has 0 spiro atoms. The van der Waals surface area contributed by atoms with Crippen LogP contribution in [0.4, 0.5) is 4.39 Å². The third kappa shape index (κ3) is 5.34. The first-order chi connectivity index (χ1) is 15.0. The van der Waals surface area contributed by atoms with Gasteiger partial charge in [-0.15, -0.1) is 0 Å². The molecule has 1 heterocycles. The van der Waals surface area contributed by atoms with E-state index in [4.69, 9.17) is 4.74 Å². The highest BCUT2D eigenvalue weighted by Gasteiger charge is 2.42. The Balaban J connectivity index is 2.08. The maximum absolute atomic E-state index is 15.3. The Labute approximate surface area is 185 Å². The molecular weight excluding hydrogens is 393 g/mol. The quantitative estimate of drug-likeness (QED) is 0.432. The van der Waals surface area contributed by atoms with Crippen molar-refractivity contribution in [2.75, 3.05) is 26.8 Å². The molecule has 1 unspecified atom stereocenters. The van der Waals surface area contributed by atoms with Crippen LogP contribution in [0.5, 0.6) is 0 Å². The number of carbonyl (C=O) groups is 1. The molecule has 1 fully saturated rings. The zero-order valence-corrected chi connectivity index (χ0v) is 18.6. The van der Waals surface area contributed by atoms with Gasteiger partial charge >= 0.3 is 0 Å². The van der Waals surface area contributed by atoms with Crippen LogP contribution < -0.4 is 0 Å². The van der Waals surface area contributed by atoms with Crippen LogP contribution in [0, 0.1) is 11.7 Å². The summed E-state index contributed by atoms with van der Waals surface area (Å²) in [6.45, 7) is 3.88. The fourth-order valence-corrected chi connectivity index (χ4v) is 4.82. The molecule has 2 aromatic carbocycles. The number of piperidine rings is 1. The number of nitrogens with zero attached hydrogens (tertiary/aromatic N) is 1. The number of hydrogen-bond acceptors (Lipinski definition) is 3. The highest BCUT2D eigenvalue weighted by atomic mass is 19.1. The lowest BCUT2D eigenvalue weighted by atomic mass is 9.72. The van der Waals surface area contributed by atoms with E-state index in [1.807, 2.05) is 30.3 Å². The largest absolute Gasteiger partial charge is 0.385 e. The second-order valence-corrected chi connectivity index (χ2v) is 8.53. The number of ether oxygens (including phenoxy) is 1. The number of rotatable bonds is 10. The molecule has 31 heavy (non-hydrogen) atoms. The summed E-state index contributed by atoms with van der Waals surface area (Å²) in [5.74, 6) is -0.479. The van der Waals surface area contributed by atoms with Crippen LogP contribution in [0.25, 0.3) is 11.1 Å². The van der Waals surface area contributed by atoms with Crippen LogP contribution in [-0.2, 0) is 21.6 Å². The normalized spacial score (nSPS) is 18.6. The standard InChI is InChI=1S/C26H34FNO3/c1-3-20-9-6-10-21(17-20)25-23(12-7-13-24(25)27)26(30,14-4-5-16-31-2)22-11-8-15-28(18-22)19-29/h6-7,9-10,12-13,17,19,22,30H,3-5,8,11,14-16,18H2,1-2H3/t22?,26-/m0/s1. The highest BCUT2D eigenvalue weighted by Crippen LogP contribution is 2.44. The third-order valence-electron chi connectivity index (χ3n) is 6.54. The first-order valence-electron chi connectivity index (χ1n) is 11.3. The minimum atomic E-state index is -1.23. The fourth-order valence-electron chi connectivity index (χ4n) is 4.82. The Hall–Kier alpha value is -2.24. The van der Waals surface area contributed by atoms with Crippen molar-refractivity contribution in [1.29, 1.82) is 0 Å². The Morgan fingerprint density at radius 3 is 2.81 bits per heavy atom. The molecule has 5 heteroatoms. The molecule has 2 aromatic rings. The number of carbonyl (C=O) groups excluding carboxylic acids is 1. The molecule has 1 aliphatic heterocycles. The lowest BCUT2D eigenvalue weighted by molar-refractivity contribution is -0.123. The number of methoxy groups -OCH3 is 1. The summed E-state index contributed by atoms with van der Waals surface area (Å²) in [4.78, 5) is 13.2. The van der Waals surface area contributed by atoms with Crippen LogP contribution in [0.1, 0.15) is 50.2 Å². The predicted octanol–water partition coefficient (Wildman–Crippen LogP) is 4.93. The number of halogens is 1. The average molecular weight is 428 g/mol. The maximum atomic E-state index is 15.3. The lowest BCUT2D eigenvalue weighted by Crippen LogP contribution is -2.46. The van der Waals surface area contributed by atoms with Crippen molar-refractivity contribution < 1.29 is 19.0 Å². The van der Waals surface area contributed by atoms with Gasteiger partial charge in [-0.1, -0.05) is 43.3 Å². The molecule has 3 rings (SSSR count). The Morgan fingerprint density at radius 2 is 2.06 bits per heavy atom. The van der Waals surface area contributed by atoms with Crippen molar-refractivity contribution in [1.82, 2.24) is 4.90 Å². The van der Waals surface area contributed by atoms with Gasteiger partial charge in [0.1, 0.15) is 5.82 Å². The predicted molar refractivity (Wildman–Crippen MR) is 121 cm³/mol. The van der Waals surface area contributed by atoms with E-state index in [9.17, 15) is 9.90 Å². The van der Waals surface area contributed by atoms with Gasteiger partial charge in [-0.05, 0) is 61.3 Å². The van der Waals surface area contributed by atoms with Crippen molar-refractivity contribution in [2.45, 2.75) is 51.0 Å². The van der Waals surface area contributed by atoms with E-state index < -0.39 is 5.60 Å². The van der Waals surface area contributed by atoms with Gasteiger partial charge in [-0.25, -0.2) is 4.39 Å². The summed E-state index contributed by atoms with van der Waals surface area (Å²) >= 11 is 0. The Morgan fingerprint density at radius 1 is 1.26 bits per heavy atom. The summed E-state index contributed by atoms with van der Waals surface area (Å²) in [6.07, 6.45) is 5.42. The van der Waals surface area contributed by atoms with Crippen molar-refractivity contribution in [2.24, 2.45) is 5.92 Å². The molecule has 168 valence electrons. The number of unbranched alkanes of at least 4 members (excludes halogenated alkanes) is 1. The summed E-state index contributed by atoms with van der Waals surface area (Å²) in [5.41, 5.74) is 1.77. The first-order valence-corrected chi connectivity index (χ1v) is 11.3. The topological polar surface area (TPSA) is 49.8 Å². The van der Waals surface area contributed by atoms with E-state index in [2.05, 4.69) is 6.92 Å². The molecule has 0 saturated carbocycles. The monoisotopic (exact) mass is 427 g/mol. The molecule has 1 amide bonds. The van der Waals surface area contributed by atoms with E-state index in [0.29, 0.717) is 37.2 Å². The van der Waals surface area contributed by atoms with E-state index in [1.165, 1.54) is 6.07 Å². The van der Waals surface area contributed by atoms with Crippen LogP contribution in [0.15, 0.2) is 42.5 Å². The van der Waals surface area contributed by atoms with Gasteiger partial charge in [0.05, 0.1) is 5.60 Å². The number of likely N-dealkylation sites (tertiary alicyclic amines) is 1. The first kappa shape index (κ1) is 23.4. The van der Waals surface area contributed by atoms with Gasteiger partial charge in [0.25, 0.3) is 0 Å². The number of amides is 1. The molecule has 0 aliphatic carbocycles. The summed E-state index contributed by atoms with van der Waals surface area (Å²) in [6, 6.07) is 12.9. The van der Waals surface area contributed by atoms with Gasteiger partial charge < -0.3 is 14.7 Å². The number of benzene rings is 2. The Kier molecular flexibility index (Phi) is 8.22. The number of aryl methyl sites for hydroxylation is 1. The lowest BCUT2D eigenvalue weighted by Gasteiger charge is -2.43. The van der Waals surface area contributed by atoms with E-state index >= 15 is 4.39 Å². The molecule has 4 nitrogen and oxygen atoms in total. The molecule has 1 aliphatic rings.